The van der Waals surface area contributed by atoms with Crippen LogP contribution in [0.5, 0.6) is 5.75 Å². The molecule has 0 saturated heterocycles. The van der Waals surface area contributed by atoms with Gasteiger partial charge in [-0.2, -0.15) is 0 Å². The predicted molar refractivity (Wildman–Crippen MR) is 77.7 cm³/mol. The van der Waals surface area contributed by atoms with E-state index in [0.29, 0.717) is 15.5 Å². The Morgan fingerprint density at radius 1 is 1.40 bits per heavy atom. The van der Waals surface area contributed by atoms with Crippen LogP contribution in [0.3, 0.4) is 0 Å². The van der Waals surface area contributed by atoms with E-state index in [9.17, 15) is 13.2 Å². The van der Waals surface area contributed by atoms with Crippen molar-refractivity contribution in [1.82, 2.24) is 5.32 Å². The molecule has 0 unspecified atom stereocenters. The first-order chi connectivity index (χ1) is 9.41. The minimum atomic E-state index is -3.69. The molecule has 2 aromatic rings. The summed E-state index contributed by atoms with van der Waals surface area (Å²) in [5.41, 5.74) is 0. The number of ether oxygens (including phenoxy) is 1. The van der Waals surface area contributed by atoms with Crippen LogP contribution in [0.25, 0.3) is 0 Å². The molecule has 2 heterocycles. The van der Waals surface area contributed by atoms with Crippen molar-refractivity contribution in [2.75, 3.05) is 7.11 Å². The Balaban J connectivity index is 2.02. The van der Waals surface area contributed by atoms with Crippen molar-refractivity contribution >= 4 is 38.6 Å². The minimum Gasteiger partial charge on any atom is -0.495 e. The Kier molecular flexibility index (Phi) is 4.43. The Morgan fingerprint density at radius 3 is 2.75 bits per heavy atom. The van der Waals surface area contributed by atoms with Gasteiger partial charge in [0, 0.05) is 4.88 Å². The van der Waals surface area contributed by atoms with E-state index in [0.717, 1.165) is 11.3 Å². The third kappa shape index (κ3) is 3.37. The Morgan fingerprint density at radius 2 is 2.15 bits per heavy atom. The number of sulfonamides is 1. The average Bonchev–Trinajstić information content (AvgIpc) is 3.03. The molecule has 0 saturated carbocycles. The van der Waals surface area contributed by atoms with Crippen molar-refractivity contribution in [2.24, 2.45) is 5.14 Å². The van der Waals surface area contributed by atoms with E-state index in [1.54, 1.807) is 17.5 Å². The maximum atomic E-state index is 11.9. The molecule has 6 nitrogen and oxygen atoms in total. The first-order valence-corrected chi connectivity index (χ1v) is 8.67. The number of methoxy groups -OCH3 is 1. The first-order valence-electron chi connectivity index (χ1n) is 5.43. The van der Waals surface area contributed by atoms with E-state index in [2.05, 4.69) is 5.32 Å². The smallest absolute Gasteiger partial charge is 0.265 e. The monoisotopic (exact) mass is 332 g/mol. The fourth-order valence-corrected chi connectivity index (χ4v) is 3.97. The second-order valence-corrected chi connectivity index (χ2v) is 7.64. The number of hydrogen-bond acceptors (Lipinski definition) is 6. The van der Waals surface area contributed by atoms with Crippen LogP contribution in [0.4, 0.5) is 0 Å². The molecule has 0 atom stereocenters. The predicted octanol–water partition coefficient (Wildman–Crippen LogP) is 1.40. The third-order valence-electron chi connectivity index (χ3n) is 2.40. The van der Waals surface area contributed by atoms with Crippen LogP contribution in [0.2, 0.25) is 0 Å². The van der Waals surface area contributed by atoms with Crippen LogP contribution in [-0.4, -0.2) is 21.4 Å². The van der Waals surface area contributed by atoms with Gasteiger partial charge in [0.15, 0.2) is 0 Å². The van der Waals surface area contributed by atoms with Gasteiger partial charge in [0.2, 0.25) is 10.0 Å². The van der Waals surface area contributed by atoms with E-state index in [4.69, 9.17) is 9.88 Å². The first kappa shape index (κ1) is 15.0. The van der Waals surface area contributed by atoms with Crippen LogP contribution in [0.1, 0.15) is 14.5 Å². The summed E-state index contributed by atoms with van der Waals surface area (Å²) in [5, 5.41) is 9.49. The molecular formula is C11H12N2O4S3. The molecule has 0 radical (unpaired) electrons. The third-order valence-corrected chi connectivity index (χ3v) is 5.81. The number of primary sulfonamides is 1. The van der Waals surface area contributed by atoms with Crippen LogP contribution < -0.4 is 15.2 Å². The molecular weight excluding hydrogens is 320 g/mol. The molecule has 0 aromatic carbocycles. The number of carbonyl (C=O) groups is 1. The molecule has 0 spiro atoms. The van der Waals surface area contributed by atoms with Gasteiger partial charge in [0.25, 0.3) is 5.91 Å². The van der Waals surface area contributed by atoms with Crippen LogP contribution in [-0.2, 0) is 16.6 Å². The highest BCUT2D eigenvalue weighted by Crippen LogP contribution is 2.25. The van der Waals surface area contributed by atoms with Crippen LogP contribution >= 0.6 is 22.7 Å². The molecule has 108 valence electrons. The summed E-state index contributed by atoms with van der Waals surface area (Å²) >= 11 is 2.31. The van der Waals surface area contributed by atoms with Crippen LogP contribution in [0.15, 0.2) is 27.8 Å². The van der Waals surface area contributed by atoms with E-state index < -0.39 is 10.0 Å². The van der Waals surface area contributed by atoms with Crippen LogP contribution in [0, 0.1) is 0 Å². The van der Waals surface area contributed by atoms with Crippen molar-refractivity contribution in [3.63, 3.8) is 0 Å². The highest BCUT2D eigenvalue weighted by Gasteiger charge is 2.15. The van der Waals surface area contributed by atoms with E-state index in [1.165, 1.54) is 24.5 Å². The fraction of sp³-hybridized carbons (Fsp3) is 0.182. The zero-order valence-corrected chi connectivity index (χ0v) is 12.9. The topological polar surface area (TPSA) is 98.5 Å². The maximum Gasteiger partial charge on any atom is 0.265 e. The summed E-state index contributed by atoms with van der Waals surface area (Å²) in [6, 6.07) is 4.76. The van der Waals surface area contributed by atoms with E-state index in [1.807, 2.05) is 0 Å². The van der Waals surface area contributed by atoms with Crippen molar-refractivity contribution in [3.8, 4) is 5.75 Å². The van der Waals surface area contributed by atoms with Gasteiger partial charge in [-0.05, 0) is 23.6 Å². The molecule has 3 N–H and O–H groups in total. The van der Waals surface area contributed by atoms with Gasteiger partial charge in [-0.1, -0.05) is 0 Å². The number of hydrogen-bond donors (Lipinski definition) is 2. The zero-order valence-electron chi connectivity index (χ0n) is 10.5. The van der Waals surface area contributed by atoms with E-state index in [-0.39, 0.29) is 16.7 Å². The molecule has 2 aromatic heterocycles. The van der Waals surface area contributed by atoms with Crippen molar-refractivity contribution in [2.45, 2.75) is 10.8 Å². The lowest BCUT2D eigenvalue weighted by atomic mass is 10.4. The lowest BCUT2D eigenvalue weighted by molar-refractivity contribution is 0.0952. The maximum absolute atomic E-state index is 11.9. The molecule has 0 aliphatic heterocycles. The fourth-order valence-electron chi connectivity index (χ4n) is 1.48. The molecule has 0 fully saturated rings. The largest absolute Gasteiger partial charge is 0.495 e. The van der Waals surface area contributed by atoms with Crippen molar-refractivity contribution < 1.29 is 17.9 Å². The molecule has 0 aliphatic rings. The minimum absolute atomic E-state index is 0.0791. The normalized spacial score (nSPS) is 11.3. The van der Waals surface area contributed by atoms with Gasteiger partial charge in [0.05, 0.1) is 13.7 Å². The van der Waals surface area contributed by atoms with E-state index >= 15 is 0 Å². The molecule has 20 heavy (non-hydrogen) atoms. The number of carbonyl (C=O) groups excluding carboxylic acids is 1. The Bertz CT molecular complexity index is 718. The molecule has 2 rings (SSSR count). The Hall–Kier alpha value is -1.42. The second-order valence-electron chi connectivity index (χ2n) is 3.77. The lowest BCUT2D eigenvalue weighted by Gasteiger charge is -2.03. The quantitative estimate of drug-likeness (QED) is 0.864. The van der Waals surface area contributed by atoms with Gasteiger partial charge < -0.3 is 10.1 Å². The number of amides is 1. The molecule has 0 aliphatic carbocycles. The summed E-state index contributed by atoms with van der Waals surface area (Å²) < 4.78 is 27.4. The standard InChI is InChI=1S/C11H12N2O4S3/c1-17-8-4-5-18-10(8)11(14)13-6-7-2-3-9(19-7)20(12,15)16/h2-5H,6H2,1H3,(H,13,14)(H2,12,15,16). The highest BCUT2D eigenvalue weighted by molar-refractivity contribution is 7.91. The molecule has 1 amide bonds. The number of thiophene rings is 2. The number of nitrogens with one attached hydrogen (secondary N) is 1. The Labute approximate surface area is 124 Å². The summed E-state index contributed by atoms with van der Waals surface area (Å²) in [6.45, 7) is 0.236. The SMILES string of the molecule is COc1ccsc1C(=O)NCc1ccc(S(N)(=O)=O)s1. The average molecular weight is 332 g/mol. The lowest BCUT2D eigenvalue weighted by Crippen LogP contribution is -2.21. The van der Waals surface area contributed by atoms with Gasteiger partial charge >= 0.3 is 0 Å². The van der Waals surface area contributed by atoms with Gasteiger partial charge in [-0.25, -0.2) is 13.6 Å². The second kappa shape index (κ2) is 5.92. The summed E-state index contributed by atoms with van der Waals surface area (Å²) in [4.78, 5) is 13.1. The summed E-state index contributed by atoms with van der Waals surface area (Å²) in [5.74, 6) is 0.256. The van der Waals surface area contributed by atoms with Crippen molar-refractivity contribution in [1.29, 1.82) is 0 Å². The van der Waals surface area contributed by atoms with Gasteiger partial charge in [-0.15, -0.1) is 22.7 Å². The van der Waals surface area contributed by atoms with Gasteiger partial charge in [-0.3, -0.25) is 4.79 Å². The molecule has 9 heteroatoms. The number of nitrogens with two attached hydrogens (primary N) is 1. The summed E-state index contributed by atoms with van der Waals surface area (Å²) in [6.07, 6.45) is 0. The number of rotatable bonds is 5. The zero-order chi connectivity index (χ0) is 14.8. The van der Waals surface area contributed by atoms with Crippen molar-refractivity contribution in [3.05, 3.63) is 33.3 Å². The summed E-state index contributed by atoms with van der Waals surface area (Å²) in [7, 11) is -2.19. The van der Waals surface area contributed by atoms with Gasteiger partial charge in [0.1, 0.15) is 14.8 Å². The highest BCUT2D eigenvalue weighted by atomic mass is 32.2. The molecule has 0 bridgehead atoms.